The fourth-order valence-electron chi connectivity index (χ4n) is 4.01. The van der Waals surface area contributed by atoms with Gasteiger partial charge in [0.05, 0.1) is 25.7 Å². The molecule has 1 heterocycles. The molecule has 0 aliphatic carbocycles. The zero-order valence-electron chi connectivity index (χ0n) is 21.0. The Kier molecular flexibility index (Phi) is 9.71. The number of rotatable bonds is 12. The van der Waals surface area contributed by atoms with Gasteiger partial charge in [-0.2, -0.15) is 0 Å². The van der Waals surface area contributed by atoms with Crippen molar-refractivity contribution in [2.75, 3.05) is 14.2 Å². The van der Waals surface area contributed by atoms with E-state index in [0.29, 0.717) is 47.3 Å². The summed E-state index contributed by atoms with van der Waals surface area (Å²) in [5, 5.41) is 11.5. The summed E-state index contributed by atoms with van der Waals surface area (Å²) in [6, 6.07) is 1.34. The molecule has 1 aromatic heterocycles. The Morgan fingerprint density at radius 1 is 1.15 bits per heavy atom. The Labute approximate surface area is 196 Å². The first-order valence-electron chi connectivity index (χ1n) is 11.8. The molecule has 1 N–H and O–H groups in total. The lowest BCUT2D eigenvalue weighted by Crippen LogP contribution is -2.16. The maximum atomic E-state index is 13.0. The number of aliphatic hydroxyl groups excluding tert-OH is 1. The molecule has 0 fully saturated rings. The Bertz CT molecular complexity index is 1060. The van der Waals surface area contributed by atoms with Gasteiger partial charge in [-0.15, -0.1) is 0 Å². The summed E-state index contributed by atoms with van der Waals surface area (Å²) in [6.45, 7) is 9.92. The van der Waals surface area contributed by atoms with E-state index in [-0.39, 0.29) is 23.7 Å². The maximum absolute atomic E-state index is 13.0. The Morgan fingerprint density at radius 3 is 2.36 bits per heavy atom. The van der Waals surface area contributed by atoms with Gasteiger partial charge >= 0.3 is 5.63 Å². The molecular formula is C27H38O6. The van der Waals surface area contributed by atoms with Crippen LogP contribution >= 0.6 is 0 Å². The zero-order valence-corrected chi connectivity index (χ0v) is 21.0. The predicted octanol–water partition coefficient (Wildman–Crippen LogP) is 5.70. The largest absolute Gasteiger partial charge is 0.496 e. The first-order valence-corrected chi connectivity index (χ1v) is 11.8. The van der Waals surface area contributed by atoms with Crippen molar-refractivity contribution in [3.63, 3.8) is 0 Å². The molecule has 6 heteroatoms. The molecule has 6 nitrogen and oxygen atoms in total. The number of methoxy groups -OCH3 is 2. The molecule has 1 aromatic carbocycles. The summed E-state index contributed by atoms with van der Waals surface area (Å²) in [4.78, 5) is 25.5. The molecule has 0 spiro atoms. The SMILES string of the molecule is CCCC[C@H](O)c1cc(=O)oc2c(CC(=O)[C@@H](C)CC)c(OC)c(CC=C(C)C)c(OC)c12. The fraction of sp³-hybridized carbons (Fsp3) is 0.556. The van der Waals surface area contributed by atoms with Crippen molar-refractivity contribution in [3.8, 4) is 11.5 Å². The van der Waals surface area contributed by atoms with Gasteiger partial charge in [0.1, 0.15) is 22.9 Å². The Hall–Kier alpha value is -2.60. The summed E-state index contributed by atoms with van der Waals surface area (Å²) in [7, 11) is 3.10. The third-order valence-electron chi connectivity index (χ3n) is 6.14. The van der Waals surface area contributed by atoms with E-state index in [9.17, 15) is 14.7 Å². The van der Waals surface area contributed by atoms with Crippen LogP contribution in [-0.2, 0) is 17.6 Å². The summed E-state index contributed by atoms with van der Waals surface area (Å²) < 4.78 is 17.3. The van der Waals surface area contributed by atoms with Crippen molar-refractivity contribution in [1.82, 2.24) is 0 Å². The van der Waals surface area contributed by atoms with Crippen LogP contribution in [0.15, 0.2) is 26.9 Å². The summed E-state index contributed by atoms with van der Waals surface area (Å²) in [5.41, 5.74) is 2.55. The molecule has 2 atom stereocenters. The highest BCUT2D eigenvalue weighted by Gasteiger charge is 2.28. The lowest BCUT2D eigenvalue weighted by Gasteiger charge is -2.22. The van der Waals surface area contributed by atoms with E-state index in [2.05, 4.69) is 6.08 Å². The van der Waals surface area contributed by atoms with E-state index in [4.69, 9.17) is 13.9 Å². The number of benzene rings is 1. The Morgan fingerprint density at radius 2 is 1.82 bits per heavy atom. The number of Topliss-reactive ketones (excluding diaryl/α,β-unsaturated/α-hetero) is 1. The molecule has 0 aliphatic heterocycles. The average Bonchev–Trinajstić information content (AvgIpc) is 2.79. The minimum absolute atomic E-state index is 0.0371. The van der Waals surface area contributed by atoms with Crippen molar-refractivity contribution in [1.29, 1.82) is 0 Å². The normalized spacial score (nSPS) is 13.0. The van der Waals surface area contributed by atoms with Crippen molar-refractivity contribution < 1.29 is 23.8 Å². The van der Waals surface area contributed by atoms with E-state index in [1.807, 2.05) is 34.6 Å². The zero-order chi connectivity index (χ0) is 24.7. The van der Waals surface area contributed by atoms with Crippen molar-refractivity contribution in [2.24, 2.45) is 5.92 Å². The summed E-state index contributed by atoms with van der Waals surface area (Å²) >= 11 is 0. The van der Waals surface area contributed by atoms with Crippen LogP contribution in [0.1, 0.15) is 83.1 Å². The van der Waals surface area contributed by atoms with E-state index >= 15 is 0 Å². The molecule has 33 heavy (non-hydrogen) atoms. The minimum atomic E-state index is -0.853. The summed E-state index contributed by atoms with van der Waals surface area (Å²) in [6.07, 6.45) is 4.73. The standard InChI is InChI=1S/C27H38O6/c1-8-10-11-21(28)19-15-23(30)33-27-20(14-22(29)17(5)9-2)25(31-6)18(13-12-16(3)4)26(32-7)24(19)27/h12,15,17,21,28H,8-11,13-14H2,1-7H3/t17-,21-/m0/s1. The minimum Gasteiger partial charge on any atom is -0.496 e. The van der Waals surface area contributed by atoms with E-state index in [1.165, 1.54) is 6.07 Å². The highest BCUT2D eigenvalue weighted by molar-refractivity contribution is 5.97. The second kappa shape index (κ2) is 12.0. The number of allylic oxidation sites excluding steroid dienone is 2. The molecule has 0 aliphatic rings. The van der Waals surface area contributed by atoms with Gasteiger partial charge in [0.2, 0.25) is 0 Å². The molecule has 0 bridgehead atoms. The maximum Gasteiger partial charge on any atom is 0.336 e. The molecule has 0 unspecified atom stereocenters. The van der Waals surface area contributed by atoms with Crippen molar-refractivity contribution >= 4 is 16.8 Å². The molecular weight excluding hydrogens is 420 g/mol. The van der Waals surface area contributed by atoms with Gasteiger partial charge in [-0.1, -0.05) is 45.3 Å². The van der Waals surface area contributed by atoms with Gasteiger partial charge in [-0.05, 0) is 33.1 Å². The van der Waals surface area contributed by atoms with Gasteiger partial charge < -0.3 is 19.0 Å². The first kappa shape index (κ1) is 26.7. The molecule has 2 rings (SSSR count). The molecule has 0 saturated carbocycles. The number of fused-ring (bicyclic) bond motifs is 1. The third-order valence-corrected chi connectivity index (χ3v) is 6.14. The number of carbonyl (C=O) groups is 1. The van der Waals surface area contributed by atoms with Gasteiger partial charge in [-0.3, -0.25) is 4.79 Å². The van der Waals surface area contributed by atoms with Crippen LogP contribution in [-0.4, -0.2) is 25.1 Å². The van der Waals surface area contributed by atoms with E-state index in [1.54, 1.807) is 14.2 Å². The number of hydrogen-bond donors (Lipinski definition) is 1. The first-order chi connectivity index (χ1) is 15.7. The average molecular weight is 459 g/mol. The van der Waals surface area contributed by atoms with E-state index in [0.717, 1.165) is 24.0 Å². The predicted molar refractivity (Wildman–Crippen MR) is 131 cm³/mol. The van der Waals surface area contributed by atoms with E-state index < -0.39 is 11.7 Å². The summed E-state index contributed by atoms with van der Waals surface area (Å²) in [5.74, 6) is 0.874. The molecule has 0 amide bonds. The van der Waals surface area contributed by atoms with Gasteiger partial charge in [-0.25, -0.2) is 4.79 Å². The molecule has 0 saturated heterocycles. The second-order valence-electron chi connectivity index (χ2n) is 8.84. The number of ether oxygens (including phenoxy) is 2. The quantitative estimate of drug-likeness (QED) is 0.324. The Balaban J connectivity index is 2.98. The van der Waals surface area contributed by atoms with Crippen molar-refractivity contribution in [3.05, 3.63) is 44.8 Å². The molecule has 182 valence electrons. The molecule has 0 radical (unpaired) electrons. The topological polar surface area (TPSA) is 86.0 Å². The van der Waals surface area contributed by atoms with Crippen LogP contribution in [0.25, 0.3) is 11.0 Å². The van der Waals surface area contributed by atoms with Crippen LogP contribution < -0.4 is 15.1 Å². The molecule has 2 aromatic rings. The highest BCUT2D eigenvalue weighted by atomic mass is 16.5. The highest BCUT2D eigenvalue weighted by Crippen LogP contribution is 2.44. The van der Waals surface area contributed by atoms with Crippen molar-refractivity contribution in [2.45, 2.75) is 79.2 Å². The van der Waals surface area contributed by atoms with Gasteiger partial charge in [0.15, 0.2) is 0 Å². The van der Waals surface area contributed by atoms with Crippen LogP contribution in [0.2, 0.25) is 0 Å². The van der Waals surface area contributed by atoms with Gasteiger partial charge in [0, 0.05) is 35.1 Å². The van der Waals surface area contributed by atoms with Crippen LogP contribution in [0.5, 0.6) is 11.5 Å². The monoisotopic (exact) mass is 458 g/mol. The van der Waals surface area contributed by atoms with Gasteiger partial charge in [0.25, 0.3) is 0 Å². The number of unbranched alkanes of at least 4 members (excludes halogenated alkanes) is 1. The number of ketones is 1. The second-order valence-corrected chi connectivity index (χ2v) is 8.84. The number of aliphatic hydroxyl groups is 1. The van der Waals surface area contributed by atoms with Crippen LogP contribution in [0, 0.1) is 5.92 Å². The van der Waals surface area contributed by atoms with Crippen LogP contribution in [0.3, 0.4) is 0 Å². The number of hydrogen-bond acceptors (Lipinski definition) is 6. The smallest absolute Gasteiger partial charge is 0.336 e. The lowest BCUT2D eigenvalue weighted by atomic mass is 9.90. The fourth-order valence-corrected chi connectivity index (χ4v) is 4.01. The third kappa shape index (κ3) is 6.05. The number of carbonyl (C=O) groups excluding carboxylic acids is 1. The van der Waals surface area contributed by atoms with Crippen LogP contribution in [0.4, 0.5) is 0 Å². The lowest BCUT2D eigenvalue weighted by molar-refractivity contribution is -0.121.